The van der Waals surface area contributed by atoms with Gasteiger partial charge < -0.3 is 0 Å². The monoisotopic (exact) mass is 298 g/mol. The molecular weight excluding hydrogens is 291 g/mol. The third kappa shape index (κ3) is 3.26. The summed E-state index contributed by atoms with van der Waals surface area (Å²) in [5.41, 5.74) is 1.47. The van der Waals surface area contributed by atoms with Crippen LogP contribution in [-0.2, 0) is 6.42 Å². The molecular formula is C14H9Cl3O. The molecule has 0 amide bonds. The molecule has 0 bridgehead atoms. The van der Waals surface area contributed by atoms with Crippen LogP contribution in [0.2, 0.25) is 15.1 Å². The Kier molecular flexibility index (Phi) is 4.28. The molecule has 0 radical (unpaired) electrons. The standard InChI is InChI=1S/C14H9Cl3O/c15-11-4-2-10(3-5-11)14(18)8-9-1-6-12(16)13(17)7-9/h1-7H,8H2. The van der Waals surface area contributed by atoms with Gasteiger partial charge >= 0.3 is 0 Å². The van der Waals surface area contributed by atoms with Gasteiger partial charge in [-0.05, 0) is 42.0 Å². The number of halogens is 3. The molecule has 2 aromatic rings. The van der Waals surface area contributed by atoms with Gasteiger partial charge in [0.15, 0.2) is 5.78 Å². The van der Waals surface area contributed by atoms with Crippen molar-refractivity contribution < 1.29 is 4.79 Å². The van der Waals surface area contributed by atoms with Gasteiger partial charge in [0.25, 0.3) is 0 Å². The summed E-state index contributed by atoms with van der Waals surface area (Å²) in [4.78, 5) is 12.0. The Morgan fingerprint density at radius 3 is 2.17 bits per heavy atom. The minimum absolute atomic E-state index is 0.0186. The Labute approximate surface area is 120 Å². The Balaban J connectivity index is 2.16. The molecule has 0 aliphatic heterocycles. The molecule has 0 spiro atoms. The molecule has 0 atom stereocenters. The maximum absolute atomic E-state index is 12.0. The Morgan fingerprint density at radius 1 is 0.889 bits per heavy atom. The third-order valence-corrected chi connectivity index (χ3v) is 3.51. The summed E-state index contributed by atoms with van der Waals surface area (Å²) in [5.74, 6) is 0.0186. The summed E-state index contributed by atoms with van der Waals surface area (Å²) in [6.45, 7) is 0. The fraction of sp³-hybridized carbons (Fsp3) is 0.0714. The molecule has 0 aliphatic rings. The van der Waals surface area contributed by atoms with Gasteiger partial charge in [-0.1, -0.05) is 40.9 Å². The smallest absolute Gasteiger partial charge is 0.167 e. The first-order valence-corrected chi connectivity index (χ1v) is 6.42. The third-order valence-electron chi connectivity index (χ3n) is 2.51. The summed E-state index contributed by atoms with van der Waals surface area (Å²) in [6, 6.07) is 12.0. The number of hydrogen-bond acceptors (Lipinski definition) is 1. The van der Waals surface area contributed by atoms with E-state index in [1.165, 1.54) is 0 Å². The summed E-state index contributed by atoms with van der Waals surface area (Å²) in [5, 5.41) is 1.55. The first-order chi connectivity index (χ1) is 8.56. The van der Waals surface area contributed by atoms with Crippen molar-refractivity contribution in [3.05, 3.63) is 68.7 Å². The number of carbonyl (C=O) groups excluding carboxylic acids is 1. The number of benzene rings is 2. The van der Waals surface area contributed by atoms with E-state index >= 15 is 0 Å². The molecule has 0 unspecified atom stereocenters. The average Bonchev–Trinajstić information content (AvgIpc) is 2.34. The molecule has 0 fully saturated rings. The van der Waals surface area contributed by atoms with Crippen molar-refractivity contribution in [1.82, 2.24) is 0 Å². The maximum Gasteiger partial charge on any atom is 0.167 e. The second-order valence-corrected chi connectivity index (χ2v) is 5.11. The average molecular weight is 300 g/mol. The van der Waals surface area contributed by atoms with Crippen LogP contribution in [0.15, 0.2) is 42.5 Å². The van der Waals surface area contributed by atoms with Crippen LogP contribution in [0.25, 0.3) is 0 Å². The lowest BCUT2D eigenvalue weighted by Crippen LogP contribution is -2.03. The second-order valence-electron chi connectivity index (χ2n) is 3.86. The number of ketones is 1. The summed E-state index contributed by atoms with van der Waals surface area (Å²) < 4.78 is 0. The second kappa shape index (κ2) is 5.75. The maximum atomic E-state index is 12.0. The number of hydrogen-bond donors (Lipinski definition) is 0. The van der Waals surface area contributed by atoms with Crippen LogP contribution in [0.5, 0.6) is 0 Å². The number of rotatable bonds is 3. The van der Waals surface area contributed by atoms with Gasteiger partial charge in [-0.2, -0.15) is 0 Å². The Morgan fingerprint density at radius 2 is 1.56 bits per heavy atom. The van der Waals surface area contributed by atoms with Crippen molar-refractivity contribution in [2.45, 2.75) is 6.42 Å². The van der Waals surface area contributed by atoms with E-state index in [0.29, 0.717) is 27.1 Å². The van der Waals surface area contributed by atoms with Crippen LogP contribution >= 0.6 is 34.8 Å². The normalized spacial score (nSPS) is 10.4. The van der Waals surface area contributed by atoms with Gasteiger partial charge in [0.2, 0.25) is 0 Å². The van der Waals surface area contributed by atoms with Crippen molar-refractivity contribution in [2.24, 2.45) is 0 Å². The highest BCUT2D eigenvalue weighted by Gasteiger charge is 2.08. The van der Waals surface area contributed by atoms with Gasteiger partial charge in [0, 0.05) is 17.0 Å². The van der Waals surface area contributed by atoms with E-state index < -0.39 is 0 Å². The summed E-state index contributed by atoms with van der Waals surface area (Å²) >= 11 is 17.5. The first-order valence-electron chi connectivity index (χ1n) is 5.29. The molecule has 0 saturated heterocycles. The predicted molar refractivity (Wildman–Crippen MR) is 75.9 cm³/mol. The summed E-state index contributed by atoms with van der Waals surface area (Å²) in [7, 11) is 0. The van der Waals surface area contributed by atoms with E-state index in [1.807, 2.05) is 0 Å². The van der Waals surface area contributed by atoms with Crippen LogP contribution in [0.4, 0.5) is 0 Å². The van der Waals surface area contributed by atoms with Crippen LogP contribution in [0, 0.1) is 0 Å². The van der Waals surface area contributed by atoms with Crippen LogP contribution in [0.1, 0.15) is 15.9 Å². The highest BCUT2D eigenvalue weighted by molar-refractivity contribution is 6.42. The lowest BCUT2D eigenvalue weighted by molar-refractivity contribution is 0.0993. The highest BCUT2D eigenvalue weighted by atomic mass is 35.5. The van der Waals surface area contributed by atoms with Crippen LogP contribution in [0.3, 0.4) is 0 Å². The van der Waals surface area contributed by atoms with E-state index in [4.69, 9.17) is 34.8 Å². The Hall–Kier alpha value is -1.02. The number of carbonyl (C=O) groups is 1. The van der Waals surface area contributed by atoms with Gasteiger partial charge in [-0.15, -0.1) is 0 Å². The van der Waals surface area contributed by atoms with Gasteiger partial charge in [0.05, 0.1) is 10.0 Å². The van der Waals surface area contributed by atoms with E-state index in [1.54, 1.807) is 42.5 Å². The molecule has 92 valence electrons. The minimum Gasteiger partial charge on any atom is -0.294 e. The highest BCUT2D eigenvalue weighted by Crippen LogP contribution is 2.23. The molecule has 2 rings (SSSR count). The van der Waals surface area contributed by atoms with Gasteiger partial charge in [-0.3, -0.25) is 4.79 Å². The van der Waals surface area contributed by atoms with Crippen molar-refractivity contribution in [1.29, 1.82) is 0 Å². The number of Topliss-reactive ketones (excluding diaryl/α,β-unsaturated/α-hetero) is 1. The SMILES string of the molecule is O=C(Cc1ccc(Cl)c(Cl)c1)c1ccc(Cl)cc1. The molecule has 1 nitrogen and oxygen atoms in total. The molecule has 0 aromatic heterocycles. The first kappa shape index (κ1) is 13.4. The zero-order chi connectivity index (χ0) is 13.1. The molecule has 18 heavy (non-hydrogen) atoms. The van der Waals surface area contributed by atoms with Crippen molar-refractivity contribution >= 4 is 40.6 Å². The molecule has 2 aromatic carbocycles. The van der Waals surface area contributed by atoms with E-state index in [9.17, 15) is 4.79 Å². The fourth-order valence-electron chi connectivity index (χ4n) is 1.57. The quantitative estimate of drug-likeness (QED) is 0.723. The zero-order valence-electron chi connectivity index (χ0n) is 9.29. The predicted octanol–water partition coefficient (Wildman–Crippen LogP) is 5.07. The topological polar surface area (TPSA) is 17.1 Å². The van der Waals surface area contributed by atoms with Crippen molar-refractivity contribution in [3.8, 4) is 0 Å². The van der Waals surface area contributed by atoms with E-state index in [2.05, 4.69) is 0 Å². The largest absolute Gasteiger partial charge is 0.294 e. The molecule has 0 N–H and O–H groups in total. The fourth-order valence-corrected chi connectivity index (χ4v) is 2.02. The minimum atomic E-state index is 0.0186. The lowest BCUT2D eigenvalue weighted by atomic mass is 10.0. The Bertz CT molecular complexity index is 576. The van der Waals surface area contributed by atoms with Crippen LogP contribution in [-0.4, -0.2) is 5.78 Å². The van der Waals surface area contributed by atoms with Gasteiger partial charge in [-0.25, -0.2) is 0 Å². The zero-order valence-corrected chi connectivity index (χ0v) is 11.6. The van der Waals surface area contributed by atoms with Crippen molar-refractivity contribution in [2.75, 3.05) is 0 Å². The van der Waals surface area contributed by atoms with Crippen LogP contribution < -0.4 is 0 Å². The van der Waals surface area contributed by atoms with Crippen molar-refractivity contribution in [3.63, 3.8) is 0 Å². The molecule has 0 aliphatic carbocycles. The molecule has 4 heteroatoms. The van der Waals surface area contributed by atoms with Gasteiger partial charge in [0.1, 0.15) is 0 Å². The lowest BCUT2D eigenvalue weighted by Gasteiger charge is -2.03. The molecule has 0 saturated carbocycles. The molecule has 0 heterocycles. The van der Waals surface area contributed by atoms with E-state index in [-0.39, 0.29) is 5.78 Å². The van der Waals surface area contributed by atoms with E-state index in [0.717, 1.165) is 5.56 Å². The summed E-state index contributed by atoms with van der Waals surface area (Å²) in [6.07, 6.45) is 0.290.